The lowest BCUT2D eigenvalue weighted by Crippen LogP contribution is -2.44. The zero-order chi connectivity index (χ0) is 13.3. The van der Waals surface area contributed by atoms with Crippen molar-refractivity contribution in [1.29, 1.82) is 0 Å². The van der Waals surface area contributed by atoms with Gasteiger partial charge in [0.25, 0.3) is 0 Å². The van der Waals surface area contributed by atoms with Crippen molar-refractivity contribution in [3.63, 3.8) is 0 Å². The number of carbonyl (C=O) groups excluding carboxylic acids is 1. The summed E-state index contributed by atoms with van der Waals surface area (Å²) in [5, 5.41) is 13.0. The monoisotopic (exact) mass is 252 g/mol. The zero-order valence-corrected chi connectivity index (χ0v) is 10.1. The molecule has 0 aromatic carbocycles. The number of aromatic nitrogens is 2. The lowest BCUT2D eigenvalue weighted by molar-refractivity contribution is -0.148. The second kappa shape index (κ2) is 4.77. The summed E-state index contributed by atoms with van der Waals surface area (Å²) in [4.78, 5) is 24.5. The number of hydrogen-bond donors (Lipinski definition) is 2. The van der Waals surface area contributed by atoms with Crippen LogP contribution in [0.3, 0.4) is 0 Å². The van der Waals surface area contributed by atoms with E-state index in [0.29, 0.717) is 24.9 Å². The van der Waals surface area contributed by atoms with Gasteiger partial charge in [-0.2, -0.15) is 5.10 Å². The summed E-state index contributed by atoms with van der Waals surface area (Å²) < 4.78 is 1.56. The SMILES string of the molecule is Cn1cc(C(N)C(=O)N2CCCC2C(=O)O)cn1. The molecule has 0 bridgehead atoms. The number of hydrogen-bond acceptors (Lipinski definition) is 4. The van der Waals surface area contributed by atoms with Crippen LogP contribution in [0.25, 0.3) is 0 Å². The van der Waals surface area contributed by atoms with E-state index in [2.05, 4.69) is 5.10 Å². The Morgan fingerprint density at radius 2 is 2.33 bits per heavy atom. The fourth-order valence-corrected chi connectivity index (χ4v) is 2.21. The van der Waals surface area contributed by atoms with Crippen molar-refractivity contribution in [2.45, 2.75) is 24.9 Å². The summed E-state index contributed by atoms with van der Waals surface area (Å²) in [6, 6.07) is -1.60. The van der Waals surface area contributed by atoms with Crippen molar-refractivity contribution in [3.8, 4) is 0 Å². The molecule has 2 heterocycles. The first kappa shape index (κ1) is 12.6. The zero-order valence-electron chi connectivity index (χ0n) is 10.1. The number of nitrogens with two attached hydrogens (primary N) is 1. The van der Waals surface area contributed by atoms with Crippen LogP contribution in [-0.4, -0.2) is 44.3 Å². The number of likely N-dealkylation sites (tertiary alicyclic amines) is 1. The van der Waals surface area contributed by atoms with Crippen LogP contribution in [0.1, 0.15) is 24.4 Å². The lowest BCUT2D eigenvalue weighted by Gasteiger charge is -2.24. The molecule has 2 rings (SSSR count). The Bertz CT molecular complexity index is 471. The molecule has 2 atom stereocenters. The van der Waals surface area contributed by atoms with Crippen LogP contribution in [0.5, 0.6) is 0 Å². The van der Waals surface area contributed by atoms with E-state index in [4.69, 9.17) is 10.8 Å². The van der Waals surface area contributed by atoms with Gasteiger partial charge in [-0.05, 0) is 12.8 Å². The van der Waals surface area contributed by atoms with Crippen molar-refractivity contribution in [2.24, 2.45) is 12.8 Å². The minimum Gasteiger partial charge on any atom is -0.480 e. The van der Waals surface area contributed by atoms with Crippen molar-refractivity contribution < 1.29 is 14.7 Å². The van der Waals surface area contributed by atoms with E-state index in [1.54, 1.807) is 17.9 Å². The molecule has 2 unspecified atom stereocenters. The molecule has 0 aliphatic carbocycles. The highest BCUT2D eigenvalue weighted by molar-refractivity contribution is 5.88. The van der Waals surface area contributed by atoms with E-state index in [-0.39, 0.29) is 5.91 Å². The third kappa shape index (κ3) is 2.21. The molecule has 1 saturated heterocycles. The Labute approximate surface area is 104 Å². The summed E-state index contributed by atoms with van der Waals surface area (Å²) in [6.07, 6.45) is 4.37. The van der Waals surface area contributed by atoms with Crippen LogP contribution in [-0.2, 0) is 16.6 Å². The van der Waals surface area contributed by atoms with Gasteiger partial charge in [0, 0.05) is 25.4 Å². The highest BCUT2D eigenvalue weighted by Crippen LogP contribution is 2.22. The Hall–Kier alpha value is -1.89. The van der Waals surface area contributed by atoms with Gasteiger partial charge in [0.05, 0.1) is 6.20 Å². The van der Waals surface area contributed by atoms with Gasteiger partial charge in [-0.3, -0.25) is 9.48 Å². The van der Waals surface area contributed by atoms with Gasteiger partial charge in [-0.15, -0.1) is 0 Å². The molecule has 98 valence electrons. The van der Waals surface area contributed by atoms with E-state index in [9.17, 15) is 9.59 Å². The predicted octanol–water partition coefficient (Wildman–Crippen LogP) is -0.504. The highest BCUT2D eigenvalue weighted by atomic mass is 16.4. The van der Waals surface area contributed by atoms with Crippen molar-refractivity contribution >= 4 is 11.9 Å². The topological polar surface area (TPSA) is 101 Å². The van der Waals surface area contributed by atoms with Crippen LogP contribution in [0.2, 0.25) is 0 Å². The highest BCUT2D eigenvalue weighted by Gasteiger charge is 2.36. The van der Waals surface area contributed by atoms with Gasteiger partial charge < -0.3 is 15.7 Å². The van der Waals surface area contributed by atoms with Crippen LogP contribution >= 0.6 is 0 Å². The number of aryl methyl sites for hydroxylation is 1. The second-order valence-corrected chi connectivity index (χ2v) is 4.45. The average Bonchev–Trinajstić information content (AvgIpc) is 2.95. The molecule has 1 aliphatic rings. The van der Waals surface area contributed by atoms with E-state index < -0.39 is 18.1 Å². The minimum atomic E-state index is -0.973. The molecule has 0 saturated carbocycles. The smallest absolute Gasteiger partial charge is 0.326 e. The van der Waals surface area contributed by atoms with Gasteiger partial charge in [0.15, 0.2) is 0 Å². The third-order valence-corrected chi connectivity index (χ3v) is 3.17. The molecule has 1 amide bonds. The molecule has 1 aromatic rings. The molecule has 0 spiro atoms. The fourth-order valence-electron chi connectivity index (χ4n) is 2.21. The lowest BCUT2D eigenvalue weighted by atomic mass is 10.1. The quantitative estimate of drug-likeness (QED) is 0.754. The third-order valence-electron chi connectivity index (χ3n) is 3.17. The average molecular weight is 252 g/mol. The van der Waals surface area contributed by atoms with Crippen molar-refractivity contribution in [3.05, 3.63) is 18.0 Å². The van der Waals surface area contributed by atoms with Crippen LogP contribution in [0.15, 0.2) is 12.4 Å². The minimum absolute atomic E-state index is 0.354. The fraction of sp³-hybridized carbons (Fsp3) is 0.545. The maximum absolute atomic E-state index is 12.2. The number of nitrogens with zero attached hydrogens (tertiary/aromatic N) is 3. The maximum Gasteiger partial charge on any atom is 0.326 e. The molecular weight excluding hydrogens is 236 g/mol. The molecule has 0 radical (unpaired) electrons. The Morgan fingerprint density at radius 1 is 1.61 bits per heavy atom. The van der Waals surface area contributed by atoms with Gasteiger partial charge >= 0.3 is 5.97 Å². The first-order valence-corrected chi connectivity index (χ1v) is 5.78. The summed E-state index contributed by atoms with van der Waals surface area (Å²) in [5.41, 5.74) is 6.45. The largest absolute Gasteiger partial charge is 0.480 e. The predicted molar refractivity (Wildman–Crippen MR) is 62.5 cm³/mol. The Kier molecular flexibility index (Phi) is 3.33. The van der Waals surface area contributed by atoms with E-state index in [0.717, 1.165) is 0 Å². The van der Waals surface area contributed by atoms with Gasteiger partial charge in [0.1, 0.15) is 12.1 Å². The number of carboxylic acid groups (broad SMARTS) is 1. The summed E-state index contributed by atoms with van der Waals surface area (Å²) >= 11 is 0. The maximum atomic E-state index is 12.2. The number of carboxylic acids is 1. The van der Waals surface area contributed by atoms with E-state index >= 15 is 0 Å². The summed E-state index contributed by atoms with van der Waals surface area (Å²) in [6.45, 7) is 0.448. The van der Waals surface area contributed by atoms with Crippen LogP contribution in [0, 0.1) is 0 Å². The molecule has 7 heteroatoms. The van der Waals surface area contributed by atoms with Crippen molar-refractivity contribution in [1.82, 2.24) is 14.7 Å². The molecule has 7 nitrogen and oxygen atoms in total. The van der Waals surface area contributed by atoms with Crippen LogP contribution in [0.4, 0.5) is 0 Å². The number of rotatable bonds is 3. The standard InChI is InChI=1S/C11H16N4O3/c1-14-6-7(5-13-14)9(12)10(16)15-4-2-3-8(15)11(17)18/h5-6,8-9H,2-4,12H2,1H3,(H,17,18). The van der Waals surface area contributed by atoms with Gasteiger partial charge in [-0.1, -0.05) is 0 Å². The molecule has 3 N–H and O–H groups in total. The Balaban J connectivity index is 2.13. The van der Waals surface area contributed by atoms with Gasteiger partial charge in [0.2, 0.25) is 5.91 Å². The first-order valence-electron chi connectivity index (χ1n) is 5.78. The second-order valence-electron chi connectivity index (χ2n) is 4.45. The van der Waals surface area contributed by atoms with E-state index in [1.807, 2.05) is 0 Å². The van der Waals surface area contributed by atoms with Crippen molar-refractivity contribution in [2.75, 3.05) is 6.54 Å². The summed E-state index contributed by atoms with van der Waals surface area (Å²) in [5.74, 6) is -1.33. The van der Waals surface area contributed by atoms with E-state index in [1.165, 1.54) is 11.1 Å². The molecule has 1 fully saturated rings. The molecule has 1 aromatic heterocycles. The normalized spacial score (nSPS) is 21.0. The van der Waals surface area contributed by atoms with Crippen LogP contribution < -0.4 is 5.73 Å². The number of carbonyl (C=O) groups is 2. The Morgan fingerprint density at radius 3 is 2.89 bits per heavy atom. The molecular formula is C11H16N4O3. The number of amides is 1. The number of aliphatic carboxylic acids is 1. The van der Waals surface area contributed by atoms with Gasteiger partial charge in [-0.25, -0.2) is 4.79 Å². The summed E-state index contributed by atoms with van der Waals surface area (Å²) in [7, 11) is 1.73. The molecule has 18 heavy (non-hydrogen) atoms. The first-order chi connectivity index (χ1) is 8.50. The molecule has 1 aliphatic heterocycles.